The molecule has 2 aromatic carbocycles. The van der Waals surface area contributed by atoms with E-state index in [0.29, 0.717) is 30.3 Å². The van der Waals surface area contributed by atoms with E-state index in [0.717, 1.165) is 38.8 Å². The average Bonchev–Trinajstić information content (AvgIpc) is 3.92. The van der Waals surface area contributed by atoms with Crippen molar-refractivity contribution >= 4 is 39.7 Å². The molecule has 2 unspecified atom stereocenters. The zero-order chi connectivity index (χ0) is 40.4. The van der Waals surface area contributed by atoms with Gasteiger partial charge in [0, 0.05) is 38.4 Å². The predicted molar refractivity (Wildman–Crippen MR) is 204 cm³/mol. The number of benzene rings is 2. The number of halogens is 4. The molecule has 17 heteroatoms. The molecular formula is C41H45F4N7O6. The third-order valence-corrected chi connectivity index (χ3v) is 12.4. The summed E-state index contributed by atoms with van der Waals surface area (Å²) in [5.74, 6) is -4.80. The molecule has 8 heterocycles. The van der Waals surface area contributed by atoms with Gasteiger partial charge in [-0.1, -0.05) is 6.07 Å². The lowest BCUT2D eigenvalue weighted by molar-refractivity contribution is -0.0390. The summed E-state index contributed by atoms with van der Waals surface area (Å²) in [6.45, 7) is 3.27. The highest BCUT2D eigenvalue weighted by Crippen LogP contribution is 2.43. The number of anilines is 1. The van der Waals surface area contributed by atoms with Crippen LogP contribution in [0.25, 0.3) is 32.9 Å². The second-order valence-corrected chi connectivity index (χ2v) is 16.6. The fourth-order valence-electron chi connectivity index (χ4n) is 9.77. The number of alkyl halides is 2. The Morgan fingerprint density at radius 1 is 1.07 bits per heavy atom. The quantitative estimate of drug-likeness (QED) is 0.218. The maximum absolute atomic E-state index is 17.5. The fraction of sp³-hybridized carbons (Fsp3) is 0.537. The number of likely N-dealkylation sites (tertiary alicyclic amines) is 1. The second-order valence-electron chi connectivity index (χ2n) is 16.6. The van der Waals surface area contributed by atoms with E-state index in [4.69, 9.17) is 18.9 Å². The maximum Gasteiger partial charge on any atom is 0.415 e. The van der Waals surface area contributed by atoms with Gasteiger partial charge < -0.3 is 34.1 Å². The Labute approximate surface area is 332 Å². The van der Waals surface area contributed by atoms with Crippen molar-refractivity contribution in [2.24, 2.45) is 0 Å². The molecule has 0 radical (unpaired) electrons. The van der Waals surface area contributed by atoms with Crippen LogP contribution in [0.1, 0.15) is 57.4 Å². The Kier molecular flexibility index (Phi) is 9.73. The fourth-order valence-corrected chi connectivity index (χ4v) is 9.77. The summed E-state index contributed by atoms with van der Waals surface area (Å²) >= 11 is 0. The van der Waals surface area contributed by atoms with Crippen LogP contribution in [0.4, 0.5) is 33.0 Å². The molecule has 4 fully saturated rings. The zero-order valence-corrected chi connectivity index (χ0v) is 32.4. The van der Waals surface area contributed by atoms with Crippen molar-refractivity contribution in [3.63, 3.8) is 0 Å². The first-order valence-corrected chi connectivity index (χ1v) is 19.9. The molecule has 4 aromatic rings. The standard InChI is InChI=1S/C41H45F4N7O6/c1-39-20-41(44,45)22-51(21-39)35-29-18-46-33(32(43)34(29)47-36(48-35)57-23-40-10-4-12-52(40)13-5-11-40)28-17-26(58-38(54)50-14-9-25(19-50)55-2)16-24-7-8-30(42)27(31(24)28)6-3-15-56-37(53)49-39/h7-8,16-18,25H,3-6,9-15,19-23H2,1-2H3,(H,49,53). The van der Waals surface area contributed by atoms with Gasteiger partial charge in [0.05, 0.1) is 42.3 Å². The number of hydrogen-bond acceptors (Lipinski definition) is 11. The summed E-state index contributed by atoms with van der Waals surface area (Å²) < 4.78 is 87.8. The molecule has 2 aromatic heterocycles. The first-order chi connectivity index (χ1) is 27.8. The van der Waals surface area contributed by atoms with Gasteiger partial charge in [0.1, 0.15) is 35.2 Å². The molecule has 2 atom stereocenters. The van der Waals surface area contributed by atoms with Crippen molar-refractivity contribution in [3.05, 3.63) is 47.7 Å². The Morgan fingerprint density at radius 3 is 2.66 bits per heavy atom. The van der Waals surface area contributed by atoms with Crippen LogP contribution in [-0.2, 0) is 15.9 Å². The Morgan fingerprint density at radius 2 is 1.88 bits per heavy atom. The number of nitrogens with zero attached hydrogens (tertiary/aromatic N) is 6. The number of aromatic nitrogens is 3. The Bertz CT molecular complexity index is 2290. The van der Waals surface area contributed by atoms with Crippen molar-refractivity contribution in [1.29, 1.82) is 0 Å². The number of nitrogens with one attached hydrogen (secondary N) is 1. The predicted octanol–water partition coefficient (Wildman–Crippen LogP) is 6.63. The van der Waals surface area contributed by atoms with Crippen LogP contribution >= 0.6 is 0 Å². The number of hydrogen-bond donors (Lipinski definition) is 1. The summed E-state index contributed by atoms with van der Waals surface area (Å²) in [5, 5.41) is 3.40. The number of aryl methyl sites for hydroxylation is 1. The molecule has 0 spiro atoms. The van der Waals surface area contributed by atoms with E-state index in [-0.39, 0.29) is 89.5 Å². The first-order valence-electron chi connectivity index (χ1n) is 19.9. The van der Waals surface area contributed by atoms with Crippen LogP contribution in [0.5, 0.6) is 11.8 Å². The van der Waals surface area contributed by atoms with E-state index in [9.17, 15) is 9.59 Å². The Hall–Kier alpha value is -5.03. The number of alkyl carbamates (subject to hydrolysis) is 1. The normalized spacial score (nSPS) is 24.2. The van der Waals surface area contributed by atoms with Gasteiger partial charge in [-0.3, -0.25) is 9.88 Å². The molecule has 2 amide bonds. The third-order valence-electron chi connectivity index (χ3n) is 12.4. The van der Waals surface area contributed by atoms with Crippen LogP contribution < -0.4 is 19.7 Å². The number of ether oxygens (including phenoxy) is 4. The van der Waals surface area contributed by atoms with Gasteiger partial charge in [0.25, 0.3) is 5.92 Å². The lowest BCUT2D eigenvalue weighted by Crippen LogP contribution is -2.63. The van der Waals surface area contributed by atoms with Gasteiger partial charge in [-0.05, 0) is 99.5 Å². The lowest BCUT2D eigenvalue weighted by atomic mass is 9.88. The lowest BCUT2D eigenvalue weighted by Gasteiger charge is -2.44. The molecule has 10 rings (SSSR count). The molecule has 1 N–H and O–H groups in total. The van der Waals surface area contributed by atoms with Crippen LogP contribution in [-0.4, -0.2) is 120 Å². The van der Waals surface area contributed by atoms with Gasteiger partial charge in [-0.2, -0.15) is 9.97 Å². The Balaban J connectivity index is 1.22. The number of piperidine rings is 1. The monoisotopic (exact) mass is 807 g/mol. The number of methoxy groups -OCH3 is 1. The molecule has 58 heavy (non-hydrogen) atoms. The summed E-state index contributed by atoms with van der Waals surface area (Å²) in [6.07, 6.45) is 3.61. The minimum absolute atomic E-state index is 0.0297. The highest BCUT2D eigenvalue weighted by atomic mass is 19.3. The number of carbonyl (C=O) groups is 2. The molecule has 308 valence electrons. The van der Waals surface area contributed by atoms with Crippen molar-refractivity contribution in [2.75, 3.05) is 64.5 Å². The summed E-state index contributed by atoms with van der Waals surface area (Å²) in [6, 6.07) is 5.58. The number of fused-ring (bicyclic) bond motifs is 7. The molecular weight excluding hydrogens is 762 g/mol. The number of pyridine rings is 1. The zero-order valence-electron chi connectivity index (χ0n) is 32.4. The topological polar surface area (TPSA) is 131 Å². The molecule has 13 nitrogen and oxygen atoms in total. The SMILES string of the molecule is COC1CCN(C(=O)Oc2cc3c4c(c(F)ccc4c2)CCCOC(=O)NC2(C)CN(CC(F)(F)C2)c2nc(OCC45CCCN4CCC5)nc4c(F)c-3ncc24)C1. The van der Waals surface area contributed by atoms with E-state index < -0.39 is 48.2 Å². The molecule has 4 saturated heterocycles. The van der Waals surface area contributed by atoms with Gasteiger partial charge in [0.15, 0.2) is 5.82 Å². The third kappa shape index (κ3) is 7.09. The summed E-state index contributed by atoms with van der Waals surface area (Å²) in [4.78, 5) is 45.4. The average molecular weight is 808 g/mol. The van der Waals surface area contributed by atoms with E-state index >= 15 is 17.6 Å². The van der Waals surface area contributed by atoms with E-state index in [2.05, 4.69) is 25.2 Å². The van der Waals surface area contributed by atoms with E-state index in [1.54, 1.807) is 13.2 Å². The van der Waals surface area contributed by atoms with Crippen LogP contribution in [0, 0.1) is 11.6 Å². The molecule has 6 bridgehead atoms. The van der Waals surface area contributed by atoms with Crippen molar-refractivity contribution < 1.29 is 46.1 Å². The minimum Gasteiger partial charge on any atom is -0.461 e. The molecule has 6 aliphatic heterocycles. The van der Waals surface area contributed by atoms with Gasteiger partial charge in [0.2, 0.25) is 0 Å². The number of amides is 2. The molecule has 6 aliphatic rings. The molecule has 0 saturated carbocycles. The van der Waals surface area contributed by atoms with E-state index in [1.165, 1.54) is 41.1 Å². The minimum atomic E-state index is -3.30. The first kappa shape index (κ1) is 38.5. The smallest absolute Gasteiger partial charge is 0.415 e. The van der Waals surface area contributed by atoms with Gasteiger partial charge >= 0.3 is 18.2 Å². The molecule has 0 aliphatic carbocycles. The largest absolute Gasteiger partial charge is 0.461 e. The van der Waals surface area contributed by atoms with Gasteiger partial charge in [-0.15, -0.1) is 0 Å². The van der Waals surface area contributed by atoms with Crippen LogP contribution in [0.3, 0.4) is 0 Å². The summed E-state index contributed by atoms with van der Waals surface area (Å²) in [5.41, 5.74) is -1.91. The van der Waals surface area contributed by atoms with Crippen molar-refractivity contribution in [1.82, 2.24) is 30.1 Å². The number of rotatable bonds is 5. The maximum atomic E-state index is 17.5. The van der Waals surface area contributed by atoms with Crippen LogP contribution in [0.2, 0.25) is 0 Å². The second kappa shape index (κ2) is 14.7. The van der Waals surface area contributed by atoms with Crippen molar-refractivity contribution in [3.8, 4) is 23.0 Å². The summed E-state index contributed by atoms with van der Waals surface area (Å²) in [7, 11) is 1.57. The van der Waals surface area contributed by atoms with E-state index in [1.807, 2.05) is 0 Å². The highest BCUT2D eigenvalue weighted by Gasteiger charge is 2.49. The van der Waals surface area contributed by atoms with Crippen molar-refractivity contribution in [2.45, 2.75) is 81.4 Å². The van der Waals surface area contributed by atoms with Crippen LogP contribution in [0.15, 0.2) is 30.5 Å². The number of carbonyl (C=O) groups excluding carboxylic acids is 2. The highest BCUT2D eigenvalue weighted by molar-refractivity contribution is 6.02. The van der Waals surface area contributed by atoms with Gasteiger partial charge in [-0.25, -0.2) is 27.2 Å².